The Morgan fingerprint density at radius 3 is 2.81 bits per heavy atom. The van der Waals surface area contributed by atoms with Crippen molar-refractivity contribution >= 4 is 40.3 Å². The molecule has 0 unspecified atom stereocenters. The van der Waals surface area contributed by atoms with Crippen LogP contribution in [0.5, 0.6) is 0 Å². The highest BCUT2D eigenvalue weighted by Gasteiger charge is 2.47. The van der Waals surface area contributed by atoms with E-state index in [0.29, 0.717) is 39.6 Å². The van der Waals surface area contributed by atoms with Gasteiger partial charge in [0.2, 0.25) is 5.95 Å². The highest BCUT2D eigenvalue weighted by Crippen LogP contribution is 2.50. The second-order valence-corrected chi connectivity index (χ2v) is 10.0. The van der Waals surface area contributed by atoms with Crippen molar-refractivity contribution in [2.75, 3.05) is 17.2 Å². The van der Waals surface area contributed by atoms with Gasteiger partial charge in [-0.2, -0.15) is 9.97 Å². The molecule has 170 valence electrons. The molecule has 0 aromatic carbocycles. The number of aliphatic hydroxyl groups excluding tert-OH is 1. The molecule has 2 heterocycles. The molecule has 8 nitrogen and oxygen atoms in total. The van der Waals surface area contributed by atoms with Crippen molar-refractivity contribution in [3.63, 3.8) is 0 Å². The summed E-state index contributed by atoms with van der Waals surface area (Å²) in [5.74, 6) is 1.59. The Kier molecular flexibility index (Phi) is 5.45. The van der Waals surface area contributed by atoms with Crippen LogP contribution in [0.3, 0.4) is 0 Å². The SMILES string of the molecule is CC(C)n1cnc2c(NC3=CC(Cl)=CCC3=O)nc(N[C@H]3CC4CCC3(CO)CC4)nc21. The monoisotopic (exact) mass is 456 g/mol. The maximum absolute atomic E-state index is 12.4. The molecule has 2 aromatic heterocycles. The molecular formula is C23H29ClN6O2. The molecule has 0 radical (unpaired) electrons. The molecule has 3 saturated carbocycles. The van der Waals surface area contributed by atoms with E-state index in [1.807, 2.05) is 4.57 Å². The van der Waals surface area contributed by atoms with Crippen LogP contribution >= 0.6 is 11.6 Å². The van der Waals surface area contributed by atoms with E-state index in [-0.39, 0.29) is 36.3 Å². The van der Waals surface area contributed by atoms with Crippen molar-refractivity contribution in [1.29, 1.82) is 0 Å². The number of aromatic nitrogens is 4. The fraction of sp³-hybridized carbons (Fsp3) is 0.565. The predicted molar refractivity (Wildman–Crippen MR) is 124 cm³/mol. The number of anilines is 2. The number of rotatable bonds is 6. The third-order valence-electron chi connectivity index (χ3n) is 7.32. The Bertz CT molecular complexity index is 1110. The molecule has 9 heteroatoms. The zero-order valence-corrected chi connectivity index (χ0v) is 19.2. The fourth-order valence-electron chi connectivity index (χ4n) is 5.31. The lowest BCUT2D eigenvalue weighted by molar-refractivity contribution is -0.114. The third kappa shape index (κ3) is 3.69. The van der Waals surface area contributed by atoms with Crippen LogP contribution in [0, 0.1) is 11.3 Å². The van der Waals surface area contributed by atoms with Crippen LogP contribution in [0.2, 0.25) is 0 Å². The lowest BCUT2D eigenvalue weighted by Gasteiger charge is -2.51. The minimum Gasteiger partial charge on any atom is -0.396 e. The lowest BCUT2D eigenvalue weighted by Crippen LogP contribution is -2.52. The number of ketones is 1. The van der Waals surface area contributed by atoms with Gasteiger partial charge in [0, 0.05) is 29.0 Å². The molecular weight excluding hydrogens is 428 g/mol. The van der Waals surface area contributed by atoms with Gasteiger partial charge in [0.25, 0.3) is 0 Å². The number of carbonyl (C=O) groups is 1. The van der Waals surface area contributed by atoms with Gasteiger partial charge in [0.05, 0.1) is 18.6 Å². The van der Waals surface area contributed by atoms with E-state index in [9.17, 15) is 9.90 Å². The average molecular weight is 457 g/mol. The number of nitrogens with zero attached hydrogens (tertiary/aromatic N) is 4. The molecule has 0 saturated heterocycles. The molecule has 3 N–H and O–H groups in total. The maximum atomic E-state index is 12.4. The minimum absolute atomic E-state index is 0.0530. The molecule has 2 bridgehead atoms. The number of nitrogens with one attached hydrogen (secondary N) is 2. The summed E-state index contributed by atoms with van der Waals surface area (Å²) in [6.07, 6.45) is 10.7. The summed E-state index contributed by atoms with van der Waals surface area (Å²) in [6.45, 7) is 4.31. The average Bonchev–Trinajstić information content (AvgIpc) is 3.22. The van der Waals surface area contributed by atoms with Crippen LogP contribution in [0.25, 0.3) is 11.2 Å². The minimum atomic E-state index is -0.126. The Morgan fingerprint density at radius 1 is 1.31 bits per heavy atom. The van der Waals surface area contributed by atoms with Gasteiger partial charge in [0.1, 0.15) is 0 Å². The molecule has 0 aliphatic heterocycles. The number of aliphatic hydroxyl groups is 1. The molecule has 3 fully saturated rings. The van der Waals surface area contributed by atoms with Crippen LogP contribution in [0.4, 0.5) is 11.8 Å². The molecule has 1 atom stereocenters. The van der Waals surface area contributed by atoms with Crippen LogP contribution < -0.4 is 10.6 Å². The molecule has 4 aliphatic rings. The normalized spacial score (nSPS) is 27.6. The van der Waals surface area contributed by atoms with Crippen molar-refractivity contribution in [3.8, 4) is 0 Å². The first-order valence-corrected chi connectivity index (χ1v) is 11.8. The summed E-state index contributed by atoms with van der Waals surface area (Å²) < 4.78 is 1.99. The lowest BCUT2D eigenvalue weighted by atomic mass is 9.58. The largest absolute Gasteiger partial charge is 0.396 e. The number of allylic oxidation sites excluding steroid dienone is 4. The van der Waals surface area contributed by atoms with E-state index in [4.69, 9.17) is 21.6 Å². The highest BCUT2D eigenvalue weighted by atomic mass is 35.5. The number of imidazole rings is 1. The molecule has 0 spiro atoms. The van der Waals surface area contributed by atoms with Gasteiger partial charge in [-0.25, -0.2) is 4.98 Å². The van der Waals surface area contributed by atoms with Crippen LogP contribution in [-0.4, -0.2) is 43.1 Å². The Labute approximate surface area is 192 Å². The number of carbonyl (C=O) groups excluding carboxylic acids is 1. The first-order valence-electron chi connectivity index (χ1n) is 11.4. The summed E-state index contributed by atoms with van der Waals surface area (Å²) in [7, 11) is 0. The van der Waals surface area contributed by atoms with Gasteiger partial charge in [-0.1, -0.05) is 17.7 Å². The summed E-state index contributed by atoms with van der Waals surface area (Å²) in [5, 5.41) is 17.5. The molecule has 6 rings (SSSR count). The smallest absolute Gasteiger partial charge is 0.227 e. The third-order valence-corrected chi connectivity index (χ3v) is 7.59. The number of fused-ring (bicyclic) bond motifs is 4. The van der Waals surface area contributed by atoms with E-state index in [1.54, 1.807) is 18.5 Å². The first-order chi connectivity index (χ1) is 15.4. The number of hydrogen-bond acceptors (Lipinski definition) is 7. The van der Waals surface area contributed by atoms with Crippen molar-refractivity contribution in [2.24, 2.45) is 11.3 Å². The van der Waals surface area contributed by atoms with Gasteiger partial charge in [0.15, 0.2) is 22.8 Å². The van der Waals surface area contributed by atoms with Gasteiger partial charge >= 0.3 is 0 Å². The van der Waals surface area contributed by atoms with Crippen LogP contribution in [0.1, 0.15) is 58.4 Å². The maximum Gasteiger partial charge on any atom is 0.227 e. The summed E-state index contributed by atoms with van der Waals surface area (Å²) in [5.41, 5.74) is 1.57. The molecule has 2 aromatic rings. The quantitative estimate of drug-likeness (QED) is 0.599. The Hall–Kier alpha value is -2.45. The first kappa shape index (κ1) is 21.4. The van der Waals surface area contributed by atoms with E-state index in [2.05, 4.69) is 29.5 Å². The molecule has 32 heavy (non-hydrogen) atoms. The van der Waals surface area contributed by atoms with E-state index >= 15 is 0 Å². The van der Waals surface area contributed by atoms with Crippen LogP contribution in [0.15, 0.2) is 29.2 Å². The van der Waals surface area contributed by atoms with Gasteiger partial charge in [-0.15, -0.1) is 0 Å². The fourth-order valence-corrected chi connectivity index (χ4v) is 5.50. The zero-order valence-electron chi connectivity index (χ0n) is 18.4. The van der Waals surface area contributed by atoms with Gasteiger partial charge < -0.3 is 20.3 Å². The van der Waals surface area contributed by atoms with Gasteiger partial charge in [-0.05, 0) is 57.9 Å². The highest BCUT2D eigenvalue weighted by molar-refractivity contribution is 6.32. The van der Waals surface area contributed by atoms with Crippen LogP contribution in [-0.2, 0) is 4.79 Å². The number of Topliss-reactive ketones (excluding diaryl/α,β-unsaturated/α-hetero) is 1. The summed E-state index contributed by atoms with van der Waals surface area (Å²) in [6, 6.07) is 0.284. The predicted octanol–water partition coefficient (Wildman–Crippen LogP) is 4.15. The molecule has 0 amide bonds. The summed E-state index contributed by atoms with van der Waals surface area (Å²) >= 11 is 6.14. The van der Waals surface area contributed by atoms with E-state index in [0.717, 1.165) is 19.3 Å². The van der Waals surface area contributed by atoms with E-state index in [1.165, 1.54) is 12.8 Å². The zero-order chi connectivity index (χ0) is 22.5. The van der Waals surface area contributed by atoms with Crippen molar-refractivity contribution in [1.82, 2.24) is 19.5 Å². The Balaban J connectivity index is 1.54. The number of halogens is 1. The Morgan fingerprint density at radius 2 is 2.09 bits per heavy atom. The second-order valence-electron chi connectivity index (χ2n) is 9.61. The molecule has 4 aliphatic carbocycles. The topological polar surface area (TPSA) is 105 Å². The summed E-state index contributed by atoms with van der Waals surface area (Å²) in [4.78, 5) is 26.5. The number of hydrogen-bond donors (Lipinski definition) is 3. The van der Waals surface area contributed by atoms with Crippen molar-refractivity contribution < 1.29 is 9.90 Å². The van der Waals surface area contributed by atoms with E-state index < -0.39 is 0 Å². The standard InChI is InChI=1S/C23H29ClN6O2/c1-13(2)30-12-25-19-20(26-16-10-15(24)3-4-17(16)32)28-22(29-21(19)30)27-18-9-14-5-7-23(18,11-31)8-6-14/h3,10,12-14,18,31H,4-9,11H2,1-2H3,(H2,26,27,28,29)/t14?,18-,23?/m0/s1. The van der Waals surface area contributed by atoms with Gasteiger partial charge in [-0.3, -0.25) is 4.79 Å². The van der Waals surface area contributed by atoms with Crippen molar-refractivity contribution in [3.05, 3.63) is 29.2 Å². The second kappa shape index (κ2) is 8.15. The van der Waals surface area contributed by atoms with Crippen molar-refractivity contribution in [2.45, 2.75) is 64.5 Å².